The number of nitrogens with zero attached hydrogens (tertiary/aromatic N) is 9. The fourth-order valence-electron chi connectivity index (χ4n) is 6.69. The van der Waals surface area contributed by atoms with Crippen LogP contribution in [0.15, 0.2) is 137 Å². The zero-order chi connectivity index (χ0) is 54.8. The van der Waals surface area contributed by atoms with Gasteiger partial charge in [-0.1, -0.05) is 65.8 Å². The van der Waals surface area contributed by atoms with Gasteiger partial charge in [-0.15, -0.1) is 10.2 Å². The Bertz CT molecular complexity index is 2740. The first-order valence-corrected chi connectivity index (χ1v) is 25.4. The van der Waals surface area contributed by atoms with Gasteiger partial charge in [-0.25, -0.2) is 27.8 Å². The highest BCUT2D eigenvalue weighted by molar-refractivity contribution is 9.10. The van der Waals surface area contributed by atoms with E-state index < -0.39 is 0 Å². The Hall–Kier alpha value is -7.22. The molecular weight excluding hydrogens is 1010 g/mol. The second kappa shape index (κ2) is 35.8. The van der Waals surface area contributed by atoms with Crippen molar-refractivity contribution in [1.82, 2.24) is 49.8 Å². The van der Waals surface area contributed by atoms with Crippen LogP contribution in [0.25, 0.3) is 11.3 Å². The number of pyridine rings is 2. The van der Waals surface area contributed by atoms with E-state index in [1.54, 1.807) is 61.8 Å². The highest BCUT2D eigenvalue weighted by Crippen LogP contribution is 2.20. The maximum absolute atomic E-state index is 12.2. The molecule has 2 aliphatic rings. The van der Waals surface area contributed by atoms with Crippen LogP contribution in [0.5, 0.6) is 5.75 Å². The van der Waals surface area contributed by atoms with Gasteiger partial charge in [-0.05, 0) is 136 Å². The molecule has 19 heteroatoms. The van der Waals surface area contributed by atoms with Crippen molar-refractivity contribution in [3.63, 3.8) is 0 Å². The number of carbonyl (C=O) groups excluding carboxylic acids is 2. The predicted octanol–water partition coefficient (Wildman–Crippen LogP) is 10.3. The average molecular weight is 1080 g/mol. The van der Waals surface area contributed by atoms with E-state index in [1.165, 1.54) is 49.4 Å². The maximum atomic E-state index is 12.2. The summed E-state index contributed by atoms with van der Waals surface area (Å²) in [7, 11) is 5.59. The highest BCUT2D eigenvalue weighted by atomic mass is 79.9. The molecule has 2 saturated heterocycles. The Kier molecular flexibility index (Phi) is 30.4. The molecule has 10 rings (SSSR count). The summed E-state index contributed by atoms with van der Waals surface area (Å²) < 4.78 is 33.4. The van der Waals surface area contributed by atoms with Gasteiger partial charge < -0.3 is 30.2 Å². The topological polar surface area (TPSA) is 180 Å². The van der Waals surface area contributed by atoms with E-state index in [2.05, 4.69) is 78.6 Å². The zero-order valence-electron chi connectivity index (χ0n) is 44.5. The minimum absolute atomic E-state index is 0.134. The summed E-state index contributed by atoms with van der Waals surface area (Å²) in [6.45, 7) is 20.2. The van der Waals surface area contributed by atoms with Crippen molar-refractivity contribution in [2.24, 2.45) is 0 Å². The number of rotatable bonds is 7. The quantitative estimate of drug-likeness (QED) is 0.129. The summed E-state index contributed by atoms with van der Waals surface area (Å²) >= 11 is 3.11. The van der Waals surface area contributed by atoms with Gasteiger partial charge in [0.1, 0.15) is 34.7 Å². The summed E-state index contributed by atoms with van der Waals surface area (Å²) in [6.07, 6.45) is 10.4. The lowest BCUT2D eigenvalue weighted by molar-refractivity contribution is 0.111. The van der Waals surface area contributed by atoms with Crippen molar-refractivity contribution < 1.29 is 23.1 Å². The number of hydrogen-bond donors (Lipinski definition) is 3. The standard InChI is InChI=1S/2C12H17N5.C7H7FO.C6H4BrNO2.C6H5F.C6H5NO.3C2H6/c2*1-9-7-14-11-3-4-12(15-17(9)11)16-6-5-10(8-16)13-2;1-9-7-4-2-6(8)3-5-7;7-5-1-4(3-9)6(10)8-2-5;7-6-4-2-1-3-5-6;8-5-6-3-1-2-4-7-6;3*1-2/h2*3-4,7,10,13H,5-6,8H2,1-2H3;2-5H,1H3;1-3H,(H,8,10);1-5H;1-5H;3*1-2H3/t2*10-;;;;;;;/m00......./s1. The van der Waals surface area contributed by atoms with Gasteiger partial charge in [0.2, 0.25) is 0 Å². The molecule has 74 heavy (non-hydrogen) atoms. The zero-order valence-corrected chi connectivity index (χ0v) is 46.1. The molecule has 2 atom stereocenters. The number of aryl methyl sites for hydroxylation is 2. The largest absolute Gasteiger partial charge is 0.497 e. The molecule has 398 valence electrons. The number of aromatic nitrogens is 8. The van der Waals surface area contributed by atoms with E-state index >= 15 is 0 Å². The number of nitrogens with one attached hydrogen (secondary N) is 3. The summed E-state index contributed by atoms with van der Waals surface area (Å²) in [4.78, 5) is 50.1. The third kappa shape index (κ3) is 21.1. The van der Waals surface area contributed by atoms with Crippen LogP contribution < -0.4 is 30.7 Å². The van der Waals surface area contributed by atoms with E-state index in [0.717, 1.165) is 66.8 Å². The molecule has 0 bridgehead atoms. The minimum atomic E-state index is -0.363. The summed E-state index contributed by atoms with van der Waals surface area (Å²) in [5, 5.41) is 15.9. The molecule has 16 nitrogen and oxygen atoms in total. The smallest absolute Gasteiger partial charge is 0.258 e. The number of imidazole rings is 2. The molecule has 0 unspecified atom stereocenters. The van der Waals surface area contributed by atoms with E-state index in [9.17, 15) is 23.2 Å². The van der Waals surface area contributed by atoms with Gasteiger partial charge in [0.25, 0.3) is 5.56 Å². The molecule has 2 aromatic carbocycles. The number of halogens is 3. The molecule has 8 aromatic rings. The second-order valence-corrected chi connectivity index (χ2v) is 16.1. The molecule has 0 amide bonds. The SMILES string of the molecule is CC.CC.CC.CN[C@H]1CCN(c2ccc3ncc(C)n3n2)C1.CN[C@H]1CCN(c2ccc3ncc(C)n3n2)C1.COc1ccc(F)cc1.Fc1ccccc1.O=Cc1cc(Br)c[nH]c1=O.O=Cc1ccccn1. The number of methoxy groups -OCH3 is 1. The van der Waals surface area contributed by atoms with E-state index in [1.807, 2.05) is 103 Å². The first-order chi connectivity index (χ1) is 35.9. The number of hydrogen-bond acceptors (Lipinski definition) is 13. The van der Waals surface area contributed by atoms with Crippen molar-refractivity contribution in [3.05, 3.63) is 177 Å². The number of ether oxygens (including phenoxy) is 1. The molecule has 0 saturated carbocycles. The Morgan fingerprint density at radius 3 is 1.51 bits per heavy atom. The molecule has 0 radical (unpaired) electrons. The number of benzene rings is 2. The average Bonchev–Trinajstić information content (AvgIpc) is 4.30. The number of H-pyrrole nitrogens is 1. The summed E-state index contributed by atoms with van der Waals surface area (Å²) in [5.74, 6) is 2.34. The van der Waals surface area contributed by atoms with Crippen molar-refractivity contribution in [2.45, 2.75) is 80.3 Å². The Balaban J connectivity index is 0.000000307. The molecule has 0 spiro atoms. The molecule has 2 aliphatic heterocycles. The van der Waals surface area contributed by atoms with Gasteiger partial charge in [0.15, 0.2) is 23.9 Å². The predicted molar refractivity (Wildman–Crippen MR) is 298 cm³/mol. The van der Waals surface area contributed by atoms with Gasteiger partial charge in [-0.2, -0.15) is 0 Å². The van der Waals surface area contributed by atoms with Gasteiger partial charge in [0.05, 0.1) is 36.5 Å². The molecule has 2 fully saturated rings. The number of likely N-dealkylation sites (N-methyl/N-ethyl adjacent to an activating group) is 2. The molecule has 6 aromatic heterocycles. The molecular formula is C55H73BrF2N12O4. The lowest BCUT2D eigenvalue weighted by Crippen LogP contribution is -2.30. The van der Waals surface area contributed by atoms with E-state index in [0.29, 0.717) is 34.3 Å². The highest BCUT2D eigenvalue weighted by Gasteiger charge is 2.23. The van der Waals surface area contributed by atoms with Crippen LogP contribution in [0.2, 0.25) is 0 Å². The van der Waals surface area contributed by atoms with Gasteiger partial charge in [0, 0.05) is 55.1 Å². The Morgan fingerprint density at radius 1 is 0.662 bits per heavy atom. The number of aldehydes is 2. The van der Waals surface area contributed by atoms with E-state index in [-0.39, 0.29) is 22.8 Å². The third-order valence-corrected chi connectivity index (χ3v) is 11.0. The van der Waals surface area contributed by atoms with Crippen LogP contribution >= 0.6 is 15.9 Å². The number of aromatic amines is 1. The van der Waals surface area contributed by atoms with Crippen molar-refractivity contribution in [2.75, 3.05) is 57.2 Å². The number of carbonyl (C=O) groups is 2. The molecule has 0 aliphatic carbocycles. The van der Waals surface area contributed by atoms with Crippen LogP contribution in [0.4, 0.5) is 20.4 Å². The summed E-state index contributed by atoms with van der Waals surface area (Å²) in [5.41, 5.74) is 4.23. The first-order valence-electron chi connectivity index (χ1n) is 24.6. The maximum Gasteiger partial charge on any atom is 0.258 e. The van der Waals surface area contributed by atoms with Crippen LogP contribution in [0, 0.1) is 25.5 Å². The van der Waals surface area contributed by atoms with Crippen molar-refractivity contribution in [1.29, 1.82) is 0 Å². The molecule has 8 heterocycles. The fraction of sp³-hybridized carbons (Fsp3) is 0.345. The fourth-order valence-corrected chi connectivity index (χ4v) is 7.05. The second-order valence-electron chi connectivity index (χ2n) is 15.2. The Morgan fingerprint density at radius 2 is 1.15 bits per heavy atom. The third-order valence-electron chi connectivity index (χ3n) is 10.5. The lowest BCUT2D eigenvalue weighted by atomic mass is 10.3. The summed E-state index contributed by atoms with van der Waals surface area (Å²) in [6, 6.07) is 29.8. The van der Waals surface area contributed by atoms with Gasteiger partial charge in [-0.3, -0.25) is 19.4 Å². The van der Waals surface area contributed by atoms with Crippen molar-refractivity contribution >= 4 is 51.4 Å². The number of fused-ring (bicyclic) bond motifs is 2. The van der Waals surface area contributed by atoms with Crippen molar-refractivity contribution in [3.8, 4) is 5.75 Å². The van der Waals surface area contributed by atoms with Gasteiger partial charge >= 0.3 is 0 Å². The Labute approximate surface area is 442 Å². The van der Waals surface area contributed by atoms with Crippen LogP contribution in [0.3, 0.4) is 0 Å². The van der Waals surface area contributed by atoms with Crippen LogP contribution in [-0.4, -0.2) is 111 Å². The van der Waals surface area contributed by atoms with E-state index in [4.69, 9.17) is 4.74 Å². The first kappa shape index (κ1) is 62.9. The minimum Gasteiger partial charge on any atom is -0.497 e. The van der Waals surface area contributed by atoms with Crippen LogP contribution in [0.1, 0.15) is 86.6 Å². The lowest BCUT2D eigenvalue weighted by Gasteiger charge is -2.17. The normalized spacial score (nSPS) is 13.7. The molecule has 3 N–H and O–H groups in total. The number of anilines is 2. The monoisotopic (exact) mass is 1080 g/mol. The van der Waals surface area contributed by atoms with Crippen LogP contribution in [-0.2, 0) is 0 Å².